The van der Waals surface area contributed by atoms with Gasteiger partial charge in [0.1, 0.15) is 23.5 Å². The normalized spacial score (nSPS) is 10.4. The van der Waals surface area contributed by atoms with E-state index in [-0.39, 0.29) is 12.2 Å². The number of amides is 1. The largest absolute Gasteiger partial charge is 0.479 e. The third-order valence-corrected chi connectivity index (χ3v) is 3.14. The summed E-state index contributed by atoms with van der Waals surface area (Å²) in [5.74, 6) is 0.0873. The lowest BCUT2D eigenvalue weighted by Gasteiger charge is -2.05. The van der Waals surface area contributed by atoms with E-state index in [4.69, 9.17) is 10.00 Å². The number of carbonyl (C=O) groups excluding carboxylic acids is 1. The smallest absolute Gasteiger partial charge is 0.266 e. The lowest BCUT2D eigenvalue weighted by molar-refractivity contribution is -0.112. The molecule has 118 valence electrons. The van der Waals surface area contributed by atoms with E-state index in [1.807, 2.05) is 37.3 Å². The summed E-state index contributed by atoms with van der Waals surface area (Å²) in [6, 6.07) is 17.9. The maximum atomic E-state index is 12.2. The summed E-state index contributed by atoms with van der Waals surface area (Å²) < 4.78 is 5.15. The third-order valence-electron chi connectivity index (χ3n) is 3.14. The number of nitriles is 2. The number of rotatable bonds is 5. The monoisotopic (exact) mass is 317 g/mol. The third kappa shape index (κ3) is 4.72. The minimum atomic E-state index is -0.465. The van der Waals surface area contributed by atoms with E-state index in [1.165, 1.54) is 6.08 Å². The highest BCUT2D eigenvalue weighted by molar-refractivity contribution is 6.09. The molecule has 2 rings (SSSR count). The molecule has 0 atom stereocenters. The molecule has 0 aromatic heterocycles. The molecule has 0 spiro atoms. The molecule has 0 radical (unpaired) electrons. The van der Waals surface area contributed by atoms with Crippen molar-refractivity contribution >= 4 is 17.7 Å². The van der Waals surface area contributed by atoms with Crippen LogP contribution in [0.15, 0.2) is 54.1 Å². The number of ether oxygens (including phenoxy) is 1. The van der Waals surface area contributed by atoms with Crippen molar-refractivity contribution in [1.29, 1.82) is 10.5 Å². The Morgan fingerprint density at radius 3 is 2.58 bits per heavy atom. The van der Waals surface area contributed by atoms with Crippen LogP contribution in [-0.2, 0) is 4.79 Å². The molecule has 1 amide bonds. The van der Waals surface area contributed by atoms with Gasteiger partial charge in [-0.3, -0.25) is 4.79 Å². The quantitative estimate of drug-likeness (QED) is 0.676. The fourth-order valence-electron chi connectivity index (χ4n) is 2.01. The van der Waals surface area contributed by atoms with Gasteiger partial charge in [0.05, 0.1) is 0 Å². The van der Waals surface area contributed by atoms with E-state index >= 15 is 0 Å². The number of hydrogen-bond donors (Lipinski definition) is 1. The molecule has 0 aliphatic rings. The van der Waals surface area contributed by atoms with Crippen LogP contribution in [0.25, 0.3) is 6.08 Å². The standard InChI is InChI=1S/C19H15N3O2/c1-14-3-2-4-17(11-14)22-19(23)16(13-21)12-15-5-7-18(8-6-15)24-10-9-20/h2-8,11-12H,10H2,1H3,(H,22,23)/b16-12+. The number of carbonyl (C=O) groups is 1. The fourth-order valence-corrected chi connectivity index (χ4v) is 2.01. The highest BCUT2D eigenvalue weighted by atomic mass is 16.5. The Balaban J connectivity index is 2.12. The van der Waals surface area contributed by atoms with Crippen LogP contribution in [-0.4, -0.2) is 12.5 Å². The first-order chi connectivity index (χ1) is 11.6. The molecule has 5 heteroatoms. The SMILES string of the molecule is Cc1cccc(NC(=O)/C(C#N)=C/c2ccc(OCC#N)cc2)c1. The minimum absolute atomic E-state index is 0.00204. The molecular formula is C19H15N3O2. The van der Waals surface area contributed by atoms with Crippen LogP contribution in [0.4, 0.5) is 5.69 Å². The van der Waals surface area contributed by atoms with Crippen LogP contribution in [0.3, 0.4) is 0 Å². The van der Waals surface area contributed by atoms with Crippen LogP contribution in [0, 0.1) is 29.6 Å². The van der Waals surface area contributed by atoms with E-state index in [2.05, 4.69) is 5.32 Å². The number of anilines is 1. The summed E-state index contributed by atoms with van der Waals surface area (Å²) in [6.07, 6.45) is 1.50. The fraction of sp³-hybridized carbons (Fsp3) is 0.105. The molecule has 5 nitrogen and oxygen atoms in total. The summed E-state index contributed by atoms with van der Waals surface area (Å²) in [7, 11) is 0. The second kappa shape index (κ2) is 8.17. The number of benzene rings is 2. The van der Waals surface area contributed by atoms with Crippen molar-refractivity contribution in [3.8, 4) is 17.9 Å². The van der Waals surface area contributed by atoms with Gasteiger partial charge in [-0.15, -0.1) is 0 Å². The van der Waals surface area contributed by atoms with Gasteiger partial charge in [-0.05, 0) is 48.4 Å². The van der Waals surface area contributed by atoms with Gasteiger partial charge in [0.25, 0.3) is 5.91 Å². The van der Waals surface area contributed by atoms with E-state index in [9.17, 15) is 10.1 Å². The highest BCUT2D eigenvalue weighted by Crippen LogP contribution is 2.16. The van der Waals surface area contributed by atoms with Crippen LogP contribution in [0.1, 0.15) is 11.1 Å². The first kappa shape index (κ1) is 16.8. The Hall–Kier alpha value is -3.57. The summed E-state index contributed by atoms with van der Waals surface area (Å²) in [6.45, 7) is 1.89. The van der Waals surface area contributed by atoms with Crippen LogP contribution >= 0.6 is 0 Å². The molecule has 1 N–H and O–H groups in total. The Kier molecular flexibility index (Phi) is 5.71. The van der Waals surface area contributed by atoms with Crippen molar-refractivity contribution in [3.05, 3.63) is 65.2 Å². The summed E-state index contributed by atoms with van der Waals surface area (Å²) in [4.78, 5) is 12.2. The van der Waals surface area contributed by atoms with Gasteiger partial charge in [0, 0.05) is 5.69 Å². The van der Waals surface area contributed by atoms with E-state index in [0.717, 1.165) is 5.56 Å². The number of nitrogens with one attached hydrogen (secondary N) is 1. The lowest BCUT2D eigenvalue weighted by atomic mass is 10.1. The number of nitrogens with zero attached hydrogens (tertiary/aromatic N) is 2. The maximum absolute atomic E-state index is 12.2. The van der Waals surface area contributed by atoms with Crippen molar-refractivity contribution in [1.82, 2.24) is 0 Å². The van der Waals surface area contributed by atoms with Crippen LogP contribution in [0.5, 0.6) is 5.75 Å². The van der Waals surface area contributed by atoms with Gasteiger partial charge >= 0.3 is 0 Å². The van der Waals surface area contributed by atoms with Gasteiger partial charge < -0.3 is 10.1 Å². The van der Waals surface area contributed by atoms with E-state index in [1.54, 1.807) is 30.3 Å². The van der Waals surface area contributed by atoms with E-state index in [0.29, 0.717) is 17.0 Å². The second-order valence-electron chi connectivity index (χ2n) is 5.01. The second-order valence-corrected chi connectivity index (χ2v) is 5.01. The molecule has 0 unspecified atom stereocenters. The molecule has 0 saturated carbocycles. The average molecular weight is 317 g/mol. The molecule has 0 fully saturated rings. The zero-order valence-electron chi connectivity index (χ0n) is 13.1. The van der Waals surface area contributed by atoms with Crippen LogP contribution in [0.2, 0.25) is 0 Å². The van der Waals surface area contributed by atoms with Gasteiger partial charge in [-0.25, -0.2) is 0 Å². The van der Waals surface area contributed by atoms with Crippen molar-refractivity contribution in [2.75, 3.05) is 11.9 Å². The molecule has 24 heavy (non-hydrogen) atoms. The average Bonchev–Trinajstić information content (AvgIpc) is 2.58. The highest BCUT2D eigenvalue weighted by Gasteiger charge is 2.09. The lowest BCUT2D eigenvalue weighted by Crippen LogP contribution is -2.13. The molecular weight excluding hydrogens is 302 g/mol. The number of aryl methyl sites for hydroxylation is 1. The van der Waals surface area contributed by atoms with Crippen molar-refractivity contribution in [3.63, 3.8) is 0 Å². The summed E-state index contributed by atoms with van der Waals surface area (Å²) in [5.41, 5.74) is 2.35. The van der Waals surface area contributed by atoms with Crippen LogP contribution < -0.4 is 10.1 Å². The Morgan fingerprint density at radius 2 is 1.96 bits per heavy atom. The zero-order valence-corrected chi connectivity index (χ0v) is 13.1. The molecule has 0 aliphatic heterocycles. The van der Waals surface area contributed by atoms with Gasteiger partial charge in [0.2, 0.25) is 0 Å². The summed E-state index contributed by atoms with van der Waals surface area (Å²) in [5, 5.41) is 20.4. The van der Waals surface area contributed by atoms with Crippen molar-refractivity contribution < 1.29 is 9.53 Å². The molecule has 0 saturated heterocycles. The van der Waals surface area contributed by atoms with Crippen molar-refractivity contribution in [2.45, 2.75) is 6.92 Å². The molecule has 2 aromatic carbocycles. The molecule has 0 bridgehead atoms. The predicted octanol–water partition coefficient (Wildman–Crippen LogP) is 3.44. The number of hydrogen-bond acceptors (Lipinski definition) is 4. The first-order valence-corrected chi connectivity index (χ1v) is 7.22. The molecule has 0 heterocycles. The summed E-state index contributed by atoms with van der Waals surface area (Å²) >= 11 is 0. The predicted molar refractivity (Wildman–Crippen MR) is 90.9 cm³/mol. The topological polar surface area (TPSA) is 85.9 Å². The van der Waals surface area contributed by atoms with Gasteiger partial charge in [0.15, 0.2) is 6.61 Å². The van der Waals surface area contributed by atoms with Crippen molar-refractivity contribution in [2.24, 2.45) is 0 Å². The maximum Gasteiger partial charge on any atom is 0.266 e. The zero-order chi connectivity index (χ0) is 17.4. The first-order valence-electron chi connectivity index (χ1n) is 7.22. The molecule has 2 aromatic rings. The van der Waals surface area contributed by atoms with E-state index < -0.39 is 5.91 Å². The van der Waals surface area contributed by atoms with Gasteiger partial charge in [-0.2, -0.15) is 10.5 Å². The Bertz CT molecular complexity index is 840. The molecule has 0 aliphatic carbocycles. The Morgan fingerprint density at radius 1 is 1.21 bits per heavy atom. The minimum Gasteiger partial charge on any atom is -0.479 e. The Labute approximate surface area is 140 Å². The van der Waals surface area contributed by atoms with Gasteiger partial charge in [-0.1, -0.05) is 24.3 Å².